The number of nitrogens with one attached hydrogen (secondary N) is 2. The lowest BCUT2D eigenvalue weighted by Gasteiger charge is -2.36. The van der Waals surface area contributed by atoms with Crippen LogP contribution in [0.15, 0.2) is 29.1 Å². The van der Waals surface area contributed by atoms with E-state index >= 15 is 4.39 Å². The number of carbonyl (C=O) groups excluding carboxylic acids is 1. The van der Waals surface area contributed by atoms with Crippen molar-refractivity contribution in [3.63, 3.8) is 0 Å². The van der Waals surface area contributed by atoms with E-state index in [0.717, 1.165) is 50.4 Å². The Hall–Kier alpha value is -3.33. The predicted octanol–water partition coefficient (Wildman–Crippen LogP) is 2.29. The molecule has 5 rings (SSSR count). The van der Waals surface area contributed by atoms with Gasteiger partial charge in [0, 0.05) is 44.3 Å². The van der Waals surface area contributed by atoms with Gasteiger partial charge in [-0.1, -0.05) is 6.07 Å². The van der Waals surface area contributed by atoms with Gasteiger partial charge in [0.15, 0.2) is 5.82 Å². The molecular formula is C24H27FN6O2. The number of hydrogen-bond donors (Lipinski definition) is 2. The number of halogens is 1. The summed E-state index contributed by atoms with van der Waals surface area (Å²) in [5.74, 6) is -0.527. The number of fused-ring (bicyclic) bond motifs is 1. The molecule has 2 aliphatic rings. The molecule has 0 spiro atoms. The van der Waals surface area contributed by atoms with Gasteiger partial charge in [-0.05, 0) is 44.9 Å². The Morgan fingerprint density at radius 3 is 2.55 bits per heavy atom. The van der Waals surface area contributed by atoms with Crippen LogP contribution in [0, 0.1) is 19.7 Å². The molecule has 1 aliphatic heterocycles. The van der Waals surface area contributed by atoms with Crippen LogP contribution < -0.4 is 15.8 Å². The molecule has 1 aromatic carbocycles. The molecule has 2 aromatic heterocycles. The first-order valence-electron chi connectivity index (χ1n) is 11.3. The topological polar surface area (TPSA) is 94.2 Å². The van der Waals surface area contributed by atoms with E-state index in [1.165, 1.54) is 0 Å². The average Bonchev–Trinajstić information content (AvgIpc) is 3.62. The van der Waals surface area contributed by atoms with Crippen molar-refractivity contribution in [1.82, 2.24) is 25.2 Å². The highest BCUT2D eigenvalue weighted by Crippen LogP contribution is 2.24. The Kier molecular flexibility index (Phi) is 5.57. The predicted molar refractivity (Wildman–Crippen MR) is 124 cm³/mol. The third-order valence-electron chi connectivity index (χ3n) is 6.37. The number of aromatic nitrogens is 3. The zero-order valence-corrected chi connectivity index (χ0v) is 18.8. The molecule has 1 saturated carbocycles. The summed E-state index contributed by atoms with van der Waals surface area (Å²) in [6.45, 7) is 7.09. The monoisotopic (exact) mass is 450 g/mol. The quantitative estimate of drug-likeness (QED) is 0.620. The number of anilines is 1. The molecular weight excluding hydrogens is 423 g/mol. The minimum Gasteiger partial charge on any atom is -0.368 e. The van der Waals surface area contributed by atoms with Crippen LogP contribution in [0.2, 0.25) is 0 Å². The summed E-state index contributed by atoms with van der Waals surface area (Å²) in [5.41, 5.74) is 3.43. The number of aromatic amines is 1. The van der Waals surface area contributed by atoms with Crippen LogP contribution in [-0.2, 0) is 6.54 Å². The number of rotatable bonds is 5. The maximum absolute atomic E-state index is 15.0. The third kappa shape index (κ3) is 4.45. The molecule has 1 aliphatic carbocycles. The van der Waals surface area contributed by atoms with Crippen LogP contribution in [0.5, 0.6) is 0 Å². The summed E-state index contributed by atoms with van der Waals surface area (Å²) in [7, 11) is 0. The van der Waals surface area contributed by atoms with Gasteiger partial charge in [-0.3, -0.25) is 14.5 Å². The lowest BCUT2D eigenvalue weighted by molar-refractivity contribution is 0.0946. The van der Waals surface area contributed by atoms with Gasteiger partial charge in [-0.25, -0.2) is 14.4 Å². The van der Waals surface area contributed by atoms with Crippen LogP contribution >= 0.6 is 0 Å². The fourth-order valence-corrected chi connectivity index (χ4v) is 4.27. The molecule has 9 heteroatoms. The maximum atomic E-state index is 15.0. The summed E-state index contributed by atoms with van der Waals surface area (Å²) in [4.78, 5) is 39.9. The van der Waals surface area contributed by atoms with Gasteiger partial charge in [0.05, 0.1) is 16.9 Å². The molecule has 3 aromatic rings. The van der Waals surface area contributed by atoms with Crippen LogP contribution in [0.4, 0.5) is 10.1 Å². The van der Waals surface area contributed by atoms with E-state index < -0.39 is 5.82 Å². The van der Waals surface area contributed by atoms with Gasteiger partial charge in [-0.2, -0.15) is 0 Å². The molecule has 1 amide bonds. The van der Waals surface area contributed by atoms with E-state index in [1.54, 1.807) is 25.1 Å². The first-order valence-corrected chi connectivity index (χ1v) is 11.3. The second-order valence-electron chi connectivity index (χ2n) is 8.90. The van der Waals surface area contributed by atoms with E-state index in [9.17, 15) is 9.59 Å². The van der Waals surface area contributed by atoms with E-state index in [-0.39, 0.29) is 17.0 Å². The molecule has 3 heterocycles. The van der Waals surface area contributed by atoms with Crippen LogP contribution in [0.3, 0.4) is 0 Å². The molecule has 0 atom stereocenters. The van der Waals surface area contributed by atoms with Gasteiger partial charge in [0.2, 0.25) is 0 Å². The number of hydrogen-bond acceptors (Lipinski definition) is 6. The number of piperazine rings is 1. The highest BCUT2D eigenvalue weighted by atomic mass is 19.1. The van der Waals surface area contributed by atoms with Crippen LogP contribution in [0.25, 0.3) is 11.0 Å². The first-order chi connectivity index (χ1) is 15.9. The van der Waals surface area contributed by atoms with E-state index in [0.29, 0.717) is 35.1 Å². The Bertz CT molecular complexity index is 1280. The molecule has 2 fully saturated rings. The van der Waals surface area contributed by atoms with Gasteiger partial charge < -0.3 is 15.2 Å². The van der Waals surface area contributed by atoms with Crippen molar-refractivity contribution in [3.8, 4) is 0 Å². The van der Waals surface area contributed by atoms with Crippen molar-refractivity contribution in [1.29, 1.82) is 0 Å². The summed E-state index contributed by atoms with van der Waals surface area (Å²) in [5, 5.41) is 2.97. The Balaban J connectivity index is 1.24. The fraction of sp³-hybridized carbons (Fsp3) is 0.417. The molecule has 0 bridgehead atoms. The molecule has 1 saturated heterocycles. The molecule has 0 unspecified atom stereocenters. The number of carbonyl (C=O) groups is 1. The summed E-state index contributed by atoms with van der Waals surface area (Å²) in [6, 6.07) is 7.55. The van der Waals surface area contributed by atoms with E-state index in [4.69, 9.17) is 0 Å². The number of pyridine rings is 1. The Morgan fingerprint density at radius 2 is 1.85 bits per heavy atom. The minimum atomic E-state index is -0.417. The number of H-pyrrole nitrogens is 1. The van der Waals surface area contributed by atoms with Crippen molar-refractivity contribution >= 4 is 22.6 Å². The summed E-state index contributed by atoms with van der Waals surface area (Å²) in [6.07, 6.45) is 2.09. The Labute approximate surface area is 190 Å². The molecule has 2 N–H and O–H groups in total. The fourth-order valence-electron chi connectivity index (χ4n) is 4.27. The molecule has 8 nitrogen and oxygen atoms in total. The summed E-state index contributed by atoms with van der Waals surface area (Å²) >= 11 is 0. The number of benzene rings is 1. The van der Waals surface area contributed by atoms with Crippen LogP contribution in [0.1, 0.15) is 40.3 Å². The number of aryl methyl sites for hydroxylation is 2. The van der Waals surface area contributed by atoms with Gasteiger partial charge in [0.25, 0.3) is 11.5 Å². The standard InChI is InChI=1S/C24H27FN6O2/c1-14-20(8-7-19(26-14)24(33)28-17-4-5-17)31-11-9-30(10-12-31)13-16-3-6-18-22(21(16)25)29-23(32)15(2)27-18/h3,6-8,17H,4-5,9-13H2,1-2H3,(H,28,33)(H,29,32). The van der Waals surface area contributed by atoms with E-state index in [2.05, 4.69) is 30.1 Å². The number of amides is 1. The lowest BCUT2D eigenvalue weighted by Crippen LogP contribution is -2.46. The third-order valence-corrected chi connectivity index (χ3v) is 6.37. The van der Waals surface area contributed by atoms with Gasteiger partial charge >= 0.3 is 0 Å². The zero-order valence-electron chi connectivity index (χ0n) is 18.8. The second kappa shape index (κ2) is 8.55. The lowest BCUT2D eigenvalue weighted by atomic mass is 10.1. The Morgan fingerprint density at radius 1 is 1.09 bits per heavy atom. The highest BCUT2D eigenvalue weighted by molar-refractivity contribution is 5.93. The largest absolute Gasteiger partial charge is 0.368 e. The van der Waals surface area contributed by atoms with Crippen LogP contribution in [-0.4, -0.2) is 58.0 Å². The van der Waals surface area contributed by atoms with Crippen molar-refractivity contribution in [3.05, 3.63) is 63.1 Å². The highest BCUT2D eigenvalue weighted by Gasteiger charge is 2.25. The van der Waals surface area contributed by atoms with Gasteiger partial charge in [0.1, 0.15) is 16.9 Å². The second-order valence-corrected chi connectivity index (χ2v) is 8.90. The van der Waals surface area contributed by atoms with Crippen molar-refractivity contribution in [2.75, 3.05) is 31.1 Å². The maximum Gasteiger partial charge on any atom is 0.270 e. The molecule has 172 valence electrons. The zero-order chi connectivity index (χ0) is 23.1. The number of nitrogens with zero attached hydrogens (tertiary/aromatic N) is 4. The molecule has 0 radical (unpaired) electrons. The SMILES string of the molecule is Cc1nc(C(=O)NC2CC2)ccc1N1CCN(Cc2ccc3nc(C)c(=O)[nH]c3c2F)CC1. The minimum absolute atomic E-state index is 0.110. The normalized spacial score (nSPS) is 16.9. The summed E-state index contributed by atoms with van der Waals surface area (Å²) < 4.78 is 15.0. The first kappa shape index (κ1) is 21.5. The molecule has 33 heavy (non-hydrogen) atoms. The van der Waals surface area contributed by atoms with Crippen molar-refractivity contribution < 1.29 is 9.18 Å². The van der Waals surface area contributed by atoms with Crippen molar-refractivity contribution in [2.45, 2.75) is 39.3 Å². The van der Waals surface area contributed by atoms with Crippen molar-refractivity contribution in [2.24, 2.45) is 0 Å². The smallest absolute Gasteiger partial charge is 0.270 e. The average molecular weight is 451 g/mol. The van der Waals surface area contributed by atoms with Gasteiger partial charge in [-0.15, -0.1) is 0 Å². The van der Waals surface area contributed by atoms with E-state index in [1.807, 2.05) is 13.0 Å².